The molecule has 15 heavy (non-hydrogen) atoms. The number of rotatable bonds is 0. The van der Waals surface area contributed by atoms with E-state index < -0.39 is 5.60 Å². The van der Waals surface area contributed by atoms with Crippen LogP contribution in [0.15, 0.2) is 10.4 Å². The van der Waals surface area contributed by atoms with E-state index in [2.05, 4.69) is 15.9 Å². The summed E-state index contributed by atoms with van der Waals surface area (Å²) in [4.78, 5) is 13.3. The Kier molecular flexibility index (Phi) is 3.65. The molecule has 1 aliphatic heterocycles. The second-order valence-electron chi connectivity index (χ2n) is 4.34. The zero-order valence-electron chi connectivity index (χ0n) is 9.46. The molecule has 0 aromatic rings. The van der Waals surface area contributed by atoms with Gasteiger partial charge in [-0.3, -0.25) is 4.90 Å². The lowest BCUT2D eigenvalue weighted by molar-refractivity contribution is 0.0229. The van der Waals surface area contributed by atoms with Crippen molar-refractivity contribution in [2.24, 2.45) is 0 Å². The summed E-state index contributed by atoms with van der Waals surface area (Å²) in [6.07, 6.45) is -0.333. The van der Waals surface area contributed by atoms with E-state index in [-0.39, 0.29) is 6.09 Å². The van der Waals surface area contributed by atoms with Crippen molar-refractivity contribution < 1.29 is 14.3 Å². The molecule has 1 heterocycles. The first-order valence-corrected chi connectivity index (χ1v) is 5.60. The molecule has 0 radical (unpaired) electrons. The van der Waals surface area contributed by atoms with E-state index in [0.717, 1.165) is 5.70 Å². The fraction of sp³-hybridized carbons (Fsp3) is 0.700. The molecule has 1 amide bonds. The average Bonchev–Trinajstić information content (AvgIpc) is 2.06. The Balaban J connectivity index is 2.72. The monoisotopic (exact) mass is 277 g/mol. The fourth-order valence-corrected chi connectivity index (χ4v) is 1.53. The van der Waals surface area contributed by atoms with Crippen LogP contribution in [0.4, 0.5) is 4.79 Å². The highest BCUT2D eigenvalue weighted by molar-refractivity contribution is 9.11. The van der Waals surface area contributed by atoms with Gasteiger partial charge in [-0.1, -0.05) is 0 Å². The van der Waals surface area contributed by atoms with Crippen molar-refractivity contribution in [2.75, 3.05) is 13.2 Å². The highest BCUT2D eigenvalue weighted by Gasteiger charge is 2.27. The van der Waals surface area contributed by atoms with E-state index in [0.29, 0.717) is 17.8 Å². The van der Waals surface area contributed by atoms with E-state index in [4.69, 9.17) is 9.47 Å². The summed E-state index contributed by atoms with van der Waals surface area (Å²) in [5.74, 6) is 0. The number of hydrogen-bond acceptors (Lipinski definition) is 3. The summed E-state index contributed by atoms with van der Waals surface area (Å²) in [7, 11) is 0. The van der Waals surface area contributed by atoms with Crippen LogP contribution in [0, 0.1) is 0 Å². The maximum atomic E-state index is 11.8. The number of nitrogens with zero attached hydrogens (tertiary/aromatic N) is 1. The number of halogens is 1. The molecule has 0 unspecified atom stereocenters. The van der Waals surface area contributed by atoms with Crippen LogP contribution in [-0.4, -0.2) is 29.7 Å². The molecule has 5 heteroatoms. The van der Waals surface area contributed by atoms with Crippen molar-refractivity contribution in [1.82, 2.24) is 4.90 Å². The first-order valence-electron chi connectivity index (χ1n) is 4.81. The van der Waals surface area contributed by atoms with E-state index >= 15 is 0 Å². The van der Waals surface area contributed by atoms with Gasteiger partial charge in [0, 0.05) is 0 Å². The molecule has 1 aliphatic rings. The molecule has 0 aromatic carbocycles. The van der Waals surface area contributed by atoms with Crippen molar-refractivity contribution in [3.8, 4) is 0 Å². The van der Waals surface area contributed by atoms with Crippen LogP contribution < -0.4 is 0 Å². The average molecular weight is 278 g/mol. The molecule has 0 fully saturated rings. The standard InChI is InChI=1S/C10H16BrNO3/c1-7-8(11)14-6-5-12(7)9(13)15-10(2,3)4/h5-6H2,1-4H3. The number of hydrogen-bond donors (Lipinski definition) is 0. The van der Waals surface area contributed by atoms with Gasteiger partial charge in [0.2, 0.25) is 0 Å². The second-order valence-corrected chi connectivity index (χ2v) is 5.06. The van der Waals surface area contributed by atoms with Crippen LogP contribution in [0.1, 0.15) is 27.7 Å². The number of carbonyl (C=O) groups excluding carboxylic acids is 1. The van der Waals surface area contributed by atoms with E-state index in [1.165, 1.54) is 0 Å². The number of carbonyl (C=O) groups is 1. The van der Waals surface area contributed by atoms with Gasteiger partial charge in [-0.05, 0) is 43.6 Å². The predicted molar refractivity (Wildman–Crippen MR) is 60.5 cm³/mol. The summed E-state index contributed by atoms with van der Waals surface area (Å²) >= 11 is 3.25. The maximum absolute atomic E-state index is 11.8. The minimum absolute atomic E-state index is 0.333. The molecule has 1 rings (SSSR count). The molecular weight excluding hydrogens is 262 g/mol. The highest BCUT2D eigenvalue weighted by atomic mass is 79.9. The van der Waals surface area contributed by atoms with Gasteiger partial charge in [0.15, 0.2) is 4.67 Å². The summed E-state index contributed by atoms with van der Waals surface area (Å²) in [6, 6.07) is 0. The Morgan fingerprint density at radius 2 is 2.13 bits per heavy atom. The first-order chi connectivity index (χ1) is 6.81. The van der Waals surface area contributed by atoms with Crippen molar-refractivity contribution in [2.45, 2.75) is 33.3 Å². The van der Waals surface area contributed by atoms with Crippen LogP contribution >= 0.6 is 15.9 Å². The minimum Gasteiger partial charge on any atom is -0.483 e. The van der Waals surface area contributed by atoms with Crippen molar-refractivity contribution in [3.63, 3.8) is 0 Å². The van der Waals surface area contributed by atoms with Gasteiger partial charge in [-0.25, -0.2) is 4.79 Å². The molecular formula is C10H16BrNO3. The SMILES string of the molecule is CC1=C(Br)OCCN1C(=O)OC(C)(C)C. The molecule has 0 saturated heterocycles. The zero-order valence-corrected chi connectivity index (χ0v) is 11.1. The van der Waals surface area contributed by atoms with Gasteiger partial charge in [-0.15, -0.1) is 0 Å². The molecule has 4 nitrogen and oxygen atoms in total. The van der Waals surface area contributed by atoms with Crippen LogP contribution in [0.2, 0.25) is 0 Å². The van der Waals surface area contributed by atoms with E-state index in [1.54, 1.807) is 4.90 Å². The van der Waals surface area contributed by atoms with Gasteiger partial charge in [0.25, 0.3) is 0 Å². The normalized spacial score (nSPS) is 17.5. The summed E-state index contributed by atoms with van der Waals surface area (Å²) < 4.78 is 11.1. The largest absolute Gasteiger partial charge is 0.483 e. The number of allylic oxidation sites excluding steroid dienone is 1. The molecule has 0 aromatic heterocycles. The Morgan fingerprint density at radius 1 is 1.53 bits per heavy atom. The van der Waals surface area contributed by atoms with Crippen molar-refractivity contribution >= 4 is 22.0 Å². The number of ether oxygens (including phenoxy) is 2. The first kappa shape index (κ1) is 12.4. The molecule has 86 valence electrons. The molecule has 0 atom stereocenters. The van der Waals surface area contributed by atoms with Crippen molar-refractivity contribution in [1.29, 1.82) is 0 Å². The topological polar surface area (TPSA) is 38.8 Å². The number of amides is 1. The smallest absolute Gasteiger partial charge is 0.414 e. The van der Waals surface area contributed by atoms with Gasteiger partial charge in [0.1, 0.15) is 12.2 Å². The highest BCUT2D eigenvalue weighted by Crippen LogP contribution is 2.23. The molecule has 0 saturated carbocycles. The summed E-state index contributed by atoms with van der Waals surface area (Å²) in [5, 5.41) is 0. The van der Waals surface area contributed by atoms with Crippen LogP contribution in [0.25, 0.3) is 0 Å². The van der Waals surface area contributed by atoms with Gasteiger partial charge >= 0.3 is 6.09 Å². The maximum Gasteiger partial charge on any atom is 0.414 e. The van der Waals surface area contributed by atoms with Crippen LogP contribution in [0.5, 0.6) is 0 Å². The Hall–Kier alpha value is -0.710. The minimum atomic E-state index is -0.470. The molecule has 0 N–H and O–H groups in total. The van der Waals surface area contributed by atoms with Crippen LogP contribution in [-0.2, 0) is 9.47 Å². The zero-order chi connectivity index (χ0) is 11.6. The molecule has 0 bridgehead atoms. The fourth-order valence-electron chi connectivity index (χ4n) is 1.15. The van der Waals surface area contributed by atoms with E-state index in [9.17, 15) is 4.79 Å². The third kappa shape index (κ3) is 3.41. The molecule has 0 aliphatic carbocycles. The van der Waals surface area contributed by atoms with E-state index in [1.807, 2.05) is 27.7 Å². The summed E-state index contributed by atoms with van der Waals surface area (Å²) in [5.41, 5.74) is 0.276. The Morgan fingerprint density at radius 3 is 2.67 bits per heavy atom. The second kappa shape index (κ2) is 4.43. The third-order valence-corrected chi connectivity index (χ3v) is 2.65. The quantitative estimate of drug-likeness (QED) is 0.684. The summed E-state index contributed by atoms with van der Waals surface area (Å²) in [6.45, 7) is 8.36. The van der Waals surface area contributed by atoms with Gasteiger partial charge in [-0.2, -0.15) is 0 Å². The lowest BCUT2D eigenvalue weighted by Crippen LogP contribution is -2.39. The Labute approximate surface area is 98.3 Å². The van der Waals surface area contributed by atoms with Crippen LogP contribution in [0.3, 0.4) is 0 Å². The predicted octanol–water partition coefficient (Wildman–Crippen LogP) is 2.84. The van der Waals surface area contributed by atoms with Gasteiger partial charge in [0.05, 0.1) is 12.2 Å². The lowest BCUT2D eigenvalue weighted by Gasteiger charge is -2.30. The lowest BCUT2D eigenvalue weighted by atomic mass is 10.2. The Bertz CT molecular complexity index is 294. The third-order valence-electron chi connectivity index (χ3n) is 1.85. The van der Waals surface area contributed by atoms with Crippen molar-refractivity contribution in [3.05, 3.63) is 10.4 Å². The molecule has 0 spiro atoms. The van der Waals surface area contributed by atoms with Gasteiger partial charge < -0.3 is 9.47 Å².